The van der Waals surface area contributed by atoms with Crippen LogP contribution in [0.1, 0.15) is 12.5 Å². The Labute approximate surface area is 137 Å². The Morgan fingerprint density at radius 2 is 1.74 bits per heavy atom. The molecule has 2 amide bonds. The summed E-state index contributed by atoms with van der Waals surface area (Å²) in [6, 6.07) is 6.41. The summed E-state index contributed by atoms with van der Waals surface area (Å²) in [6.07, 6.45) is 0. The molecule has 0 unspecified atom stereocenters. The van der Waals surface area contributed by atoms with E-state index >= 15 is 0 Å². The average Bonchev–Trinajstić information content (AvgIpc) is 2.60. The molecule has 2 rings (SSSR count). The summed E-state index contributed by atoms with van der Waals surface area (Å²) in [5, 5.41) is 2.88. The van der Waals surface area contributed by atoms with E-state index in [1.54, 1.807) is 12.1 Å². The van der Waals surface area contributed by atoms with Crippen molar-refractivity contribution >= 4 is 16.1 Å². The van der Waals surface area contributed by atoms with E-state index in [-0.39, 0.29) is 10.9 Å². The predicted octanol–water partition coefficient (Wildman–Crippen LogP) is 0.442. The van der Waals surface area contributed by atoms with Gasteiger partial charge in [-0.25, -0.2) is 17.9 Å². The third-order valence-corrected chi connectivity index (χ3v) is 5.48. The Hall–Kier alpha value is -1.64. The topological polar surface area (TPSA) is 81.8 Å². The average molecular weight is 340 g/mol. The van der Waals surface area contributed by atoms with Gasteiger partial charge < -0.3 is 15.1 Å². The van der Waals surface area contributed by atoms with Crippen LogP contribution in [0.4, 0.5) is 4.79 Å². The summed E-state index contributed by atoms with van der Waals surface area (Å²) in [6.45, 7) is 6.79. The van der Waals surface area contributed by atoms with E-state index in [0.29, 0.717) is 6.54 Å². The number of nitrogens with zero attached hydrogens (tertiary/aromatic N) is 2. The van der Waals surface area contributed by atoms with E-state index in [9.17, 15) is 13.2 Å². The predicted molar refractivity (Wildman–Crippen MR) is 88.6 cm³/mol. The molecule has 1 fully saturated rings. The minimum Gasteiger partial charge on any atom is -0.334 e. The van der Waals surface area contributed by atoms with Gasteiger partial charge in [-0.1, -0.05) is 19.1 Å². The molecule has 2 N–H and O–H groups in total. The first-order valence-corrected chi connectivity index (χ1v) is 9.22. The Morgan fingerprint density at radius 3 is 2.26 bits per heavy atom. The van der Waals surface area contributed by atoms with Gasteiger partial charge in [-0.15, -0.1) is 0 Å². The quantitative estimate of drug-likeness (QED) is 0.815. The highest BCUT2D eigenvalue weighted by Crippen LogP contribution is 2.10. The number of amides is 2. The van der Waals surface area contributed by atoms with Gasteiger partial charge >= 0.3 is 6.03 Å². The molecule has 0 spiro atoms. The van der Waals surface area contributed by atoms with E-state index in [1.807, 2.05) is 4.90 Å². The number of piperazine rings is 1. The maximum absolute atomic E-state index is 12.1. The minimum atomic E-state index is -3.42. The Balaban J connectivity index is 1.85. The van der Waals surface area contributed by atoms with Crippen LogP contribution in [0.15, 0.2) is 29.2 Å². The van der Waals surface area contributed by atoms with Crippen LogP contribution in [0.2, 0.25) is 0 Å². The van der Waals surface area contributed by atoms with Crippen LogP contribution < -0.4 is 10.0 Å². The number of carbonyl (C=O) groups excluding carboxylic acids is 1. The zero-order chi connectivity index (χ0) is 16.9. The highest BCUT2D eigenvalue weighted by Gasteiger charge is 2.19. The number of nitrogens with one attached hydrogen (secondary N) is 2. The molecule has 7 nitrogen and oxygen atoms in total. The number of hydrogen-bond acceptors (Lipinski definition) is 4. The van der Waals surface area contributed by atoms with Crippen LogP contribution in [0.25, 0.3) is 0 Å². The molecule has 23 heavy (non-hydrogen) atoms. The molecule has 1 saturated heterocycles. The van der Waals surface area contributed by atoms with E-state index < -0.39 is 10.0 Å². The first-order chi connectivity index (χ1) is 11.0. The fraction of sp³-hybridized carbons (Fsp3) is 0.533. The normalized spacial score (nSPS) is 16.3. The molecule has 1 aliphatic heterocycles. The molecule has 1 heterocycles. The Kier molecular flexibility index (Phi) is 5.97. The van der Waals surface area contributed by atoms with Gasteiger partial charge in [0, 0.05) is 32.7 Å². The van der Waals surface area contributed by atoms with Gasteiger partial charge in [0.05, 0.1) is 4.90 Å². The molecule has 0 atom stereocenters. The number of benzene rings is 1. The van der Waals surface area contributed by atoms with Crippen LogP contribution in [0.5, 0.6) is 0 Å². The highest BCUT2D eigenvalue weighted by atomic mass is 32.2. The van der Waals surface area contributed by atoms with Crippen molar-refractivity contribution in [1.82, 2.24) is 19.8 Å². The van der Waals surface area contributed by atoms with E-state index in [0.717, 1.165) is 38.3 Å². The van der Waals surface area contributed by atoms with Gasteiger partial charge in [0.15, 0.2) is 0 Å². The zero-order valence-electron chi connectivity index (χ0n) is 13.6. The molecule has 128 valence electrons. The summed E-state index contributed by atoms with van der Waals surface area (Å²) in [5.74, 6) is 0. The Morgan fingerprint density at radius 1 is 1.13 bits per heavy atom. The summed E-state index contributed by atoms with van der Waals surface area (Å²) in [7, 11) is -2.04. The lowest BCUT2D eigenvalue weighted by molar-refractivity contribution is 0.142. The molecule has 1 aromatic carbocycles. The number of rotatable bonds is 5. The summed E-state index contributed by atoms with van der Waals surface area (Å²) in [5.41, 5.74) is 0.862. The van der Waals surface area contributed by atoms with Crippen LogP contribution in [0.3, 0.4) is 0 Å². The maximum atomic E-state index is 12.1. The second-order valence-electron chi connectivity index (χ2n) is 5.43. The van der Waals surface area contributed by atoms with Gasteiger partial charge in [0.2, 0.25) is 10.0 Å². The van der Waals surface area contributed by atoms with E-state index in [2.05, 4.69) is 21.9 Å². The minimum absolute atomic E-state index is 0.0762. The number of hydrogen-bond donors (Lipinski definition) is 2. The zero-order valence-corrected chi connectivity index (χ0v) is 14.4. The van der Waals surface area contributed by atoms with Crippen LogP contribution >= 0.6 is 0 Å². The lowest BCUT2D eigenvalue weighted by Gasteiger charge is -2.34. The van der Waals surface area contributed by atoms with Crippen molar-refractivity contribution in [2.75, 3.05) is 39.8 Å². The van der Waals surface area contributed by atoms with Gasteiger partial charge in [0.25, 0.3) is 0 Å². The maximum Gasteiger partial charge on any atom is 0.317 e. The smallest absolute Gasteiger partial charge is 0.317 e. The summed E-state index contributed by atoms with van der Waals surface area (Å²) < 4.78 is 25.6. The molecule has 0 aliphatic carbocycles. The molecule has 1 aromatic rings. The number of likely N-dealkylation sites (N-methyl/N-ethyl adjacent to an activating group) is 1. The Bertz CT molecular complexity index is 623. The molecule has 0 bridgehead atoms. The number of sulfonamides is 1. The SMILES string of the molecule is CCN1CCN(C(=O)NCc2ccc(S(=O)(=O)NC)cc2)CC1. The van der Waals surface area contributed by atoms with Crippen molar-refractivity contribution in [1.29, 1.82) is 0 Å². The lowest BCUT2D eigenvalue weighted by Crippen LogP contribution is -2.51. The molecule has 0 saturated carbocycles. The monoisotopic (exact) mass is 340 g/mol. The van der Waals surface area contributed by atoms with Crippen molar-refractivity contribution in [3.63, 3.8) is 0 Å². The first kappa shape index (κ1) is 17.7. The lowest BCUT2D eigenvalue weighted by atomic mass is 10.2. The van der Waals surface area contributed by atoms with Crippen molar-refractivity contribution in [3.8, 4) is 0 Å². The van der Waals surface area contributed by atoms with Gasteiger partial charge in [-0.05, 0) is 31.3 Å². The summed E-state index contributed by atoms with van der Waals surface area (Å²) >= 11 is 0. The molecule has 0 radical (unpaired) electrons. The number of urea groups is 1. The largest absolute Gasteiger partial charge is 0.334 e. The second-order valence-corrected chi connectivity index (χ2v) is 7.32. The van der Waals surface area contributed by atoms with Gasteiger partial charge in [-0.3, -0.25) is 0 Å². The summed E-state index contributed by atoms with van der Waals surface area (Å²) in [4.78, 5) is 16.5. The second kappa shape index (κ2) is 7.76. The van der Waals surface area contributed by atoms with Crippen LogP contribution in [-0.2, 0) is 16.6 Å². The van der Waals surface area contributed by atoms with Crippen molar-refractivity contribution < 1.29 is 13.2 Å². The van der Waals surface area contributed by atoms with Gasteiger partial charge in [-0.2, -0.15) is 0 Å². The standard InChI is InChI=1S/C15H24N4O3S/c1-3-18-8-10-19(11-9-18)15(20)17-12-13-4-6-14(7-5-13)23(21,22)16-2/h4-7,16H,3,8-12H2,1-2H3,(H,17,20). The molecule has 0 aromatic heterocycles. The van der Waals surface area contributed by atoms with Crippen molar-refractivity contribution in [3.05, 3.63) is 29.8 Å². The third-order valence-electron chi connectivity index (χ3n) is 4.05. The molecular weight excluding hydrogens is 316 g/mol. The third kappa shape index (κ3) is 4.66. The van der Waals surface area contributed by atoms with Crippen LogP contribution in [-0.4, -0.2) is 64.0 Å². The number of carbonyl (C=O) groups is 1. The first-order valence-electron chi connectivity index (χ1n) is 7.74. The fourth-order valence-corrected chi connectivity index (χ4v) is 3.19. The van der Waals surface area contributed by atoms with Crippen molar-refractivity contribution in [2.45, 2.75) is 18.4 Å². The van der Waals surface area contributed by atoms with Crippen LogP contribution in [0, 0.1) is 0 Å². The molecular formula is C15H24N4O3S. The molecule has 8 heteroatoms. The van der Waals surface area contributed by atoms with E-state index in [4.69, 9.17) is 0 Å². The molecule has 1 aliphatic rings. The van der Waals surface area contributed by atoms with Crippen molar-refractivity contribution in [2.24, 2.45) is 0 Å². The fourth-order valence-electron chi connectivity index (χ4n) is 2.46. The highest BCUT2D eigenvalue weighted by molar-refractivity contribution is 7.89. The van der Waals surface area contributed by atoms with E-state index in [1.165, 1.54) is 19.2 Å². The van der Waals surface area contributed by atoms with Gasteiger partial charge in [0.1, 0.15) is 0 Å².